The lowest BCUT2D eigenvalue weighted by atomic mass is 9.94. The first kappa shape index (κ1) is 24.5. The maximum atomic E-state index is 13.2. The summed E-state index contributed by atoms with van der Waals surface area (Å²) in [6.45, 7) is 1.34. The Bertz CT molecular complexity index is 1450. The average Bonchev–Trinajstić information content (AvgIpc) is 3.23. The number of halogens is 3. The van der Waals surface area contributed by atoms with Crippen molar-refractivity contribution in [1.82, 2.24) is 23.9 Å². The van der Waals surface area contributed by atoms with Crippen LogP contribution >= 0.6 is 39.1 Å². The molecule has 0 atom stereocenters. The summed E-state index contributed by atoms with van der Waals surface area (Å²) in [4.78, 5) is 9.11. The minimum atomic E-state index is -3.69. The lowest BCUT2D eigenvalue weighted by molar-refractivity contribution is 0.317. The van der Waals surface area contributed by atoms with Crippen LogP contribution in [0.3, 0.4) is 0 Å². The van der Waals surface area contributed by atoms with Gasteiger partial charge >= 0.3 is 0 Å². The number of nitrogens with zero attached hydrogens (tertiary/aromatic N) is 5. The van der Waals surface area contributed by atoms with Crippen molar-refractivity contribution in [2.24, 2.45) is 0 Å². The van der Waals surface area contributed by atoms with Crippen molar-refractivity contribution in [2.45, 2.75) is 30.2 Å². The van der Waals surface area contributed by atoms with Crippen LogP contribution in [-0.4, -0.2) is 45.4 Å². The minimum absolute atomic E-state index is 0.107. The molecule has 1 aliphatic heterocycles. The fourth-order valence-electron chi connectivity index (χ4n) is 4.20. The zero-order valence-corrected chi connectivity index (χ0v) is 22.3. The molecule has 12 heteroatoms. The summed E-state index contributed by atoms with van der Waals surface area (Å²) in [5, 5.41) is 8.44. The summed E-state index contributed by atoms with van der Waals surface area (Å²) < 4.78 is 30.3. The number of nitrogens with one attached hydrogen (secondary N) is 1. The fourth-order valence-corrected chi connectivity index (χ4v) is 6.75. The topological polar surface area (TPSA) is 92.5 Å². The normalized spacial score (nSPS) is 15.5. The molecule has 0 unspecified atom stereocenters. The van der Waals surface area contributed by atoms with Gasteiger partial charge in [0.05, 0.1) is 15.6 Å². The van der Waals surface area contributed by atoms with Crippen LogP contribution in [-0.2, 0) is 16.6 Å². The second-order valence-electron chi connectivity index (χ2n) is 8.29. The molecule has 5 rings (SSSR count). The molecule has 8 nitrogen and oxygen atoms in total. The number of anilines is 1. The molecule has 0 amide bonds. The second-order valence-corrected chi connectivity index (χ2v) is 12.0. The van der Waals surface area contributed by atoms with Crippen LogP contribution < -0.4 is 5.32 Å². The van der Waals surface area contributed by atoms with Crippen molar-refractivity contribution in [3.63, 3.8) is 0 Å². The quantitative estimate of drug-likeness (QED) is 0.322. The molecule has 0 aliphatic carbocycles. The van der Waals surface area contributed by atoms with Gasteiger partial charge in [-0.1, -0.05) is 29.3 Å². The van der Waals surface area contributed by atoms with Gasteiger partial charge in [0, 0.05) is 59.8 Å². The van der Waals surface area contributed by atoms with E-state index in [0.717, 1.165) is 21.5 Å². The van der Waals surface area contributed by atoms with E-state index in [1.54, 1.807) is 16.9 Å². The number of rotatable bonds is 6. The second kappa shape index (κ2) is 10.0. The molecular formula is C23H21BrCl2N6O2S. The zero-order chi connectivity index (χ0) is 24.6. The van der Waals surface area contributed by atoms with E-state index in [1.807, 2.05) is 24.4 Å². The molecule has 35 heavy (non-hydrogen) atoms. The summed E-state index contributed by atoms with van der Waals surface area (Å²) in [7, 11) is -3.69. The molecule has 3 aromatic heterocycles. The predicted octanol–water partition coefficient (Wildman–Crippen LogP) is 5.37. The van der Waals surface area contributed by atoms with Gasteiger partial charge in [0.25, 0.3) is 0 Å². The SMILES string of the molecule is O=S(=O)(c1cc(Cl)cc(Cl)c1)N1CCC(c2cc(NCc3cccnc3)n3ncc(Br)c3n2)CC1. The highest BCUT2D eigenvalue weighted by Gasteiger charge is 2.31. The Labute approximate surface area is 221 Å². The van der Waals surface area contributed by atoms with Crippen molar-refractivity contribution in [1.29, 1.82) is 0 Å². The van der Waals surface area contributed by atoms with E-state index in [1.165, 1.54) is 22.5 Å². The zero-order valence-electron chi connectivity index (χ0n) is 18.4. The summed E-state index contributed by atoms with van der Waals surface area (Å²) in [6.07, 6.45) is 6.56. The largest absolute Gasteiger partial charge is 0.366 e. The van der Waals surface area contributed by atoms with E-state index in [2.05, 4.69) is 31.3 Å². The molecule has 4 heterocycles. The minimum Gasteiger partial charge on any atom is -0.366 e. The third-order valence-corrected chi connectivity index (χ3v) is 8.86. The lowest BCUT2D eigenvalue weighted by Gasteiger charge is -2.31. The van der Waals surface area contributed by atoms with Crippen LogP contribution in [0.4, 0.5) is 5.82 Å². The molecule has 0 radical (unpaired) electrons. The predicted molar refractivity (Wildman–Crippen MR) is 139 cm³/mol. The van der Waals surface area contributed by atoms with Crippen LogP contribution in [0.15, 0.2) is 64.4 Å². The average molecular weight is 596 g/mol. The first-order valence-electron chi connectivity index (χ1n) is 10.9. The van der Waals surface area contributed by atoms with E-state index in [4.69, 9.17) is 28.2 Å². The monoisotopic (exact) mass is 594 g/mol. The number of aromatic nitrogens is 4. The Morgan fingerprint density at radius 2 is 1.83 bits per heavy atom. The Hall–Kier alpha value is -2.24. The fraction of sp³-hybridized carbons (Fsp3) is 0.261. The van der Waals surface area contributed by atoms with E-state index in [0.29, 0.717) is 48.2 Å². The molecule has 0 saturated carbocycles. The van der Waals surface area contributed by atoms with Crippen molar-refractivity contribution in [2.75, 3.05) is 18.4 Å². The highest BCUT2D eigenvalue weighted by Crippen LogP contribution is 2.33. The molecule has 1 saturated heterocycles. The lowest BCUT2D eigenvalue weighted by Crippen LogP contribution is -2.38. The molecule has 0 spiro atoms. The Balaban J connectivity index is 1.36. The molecular weight excluding hydrogens is 575 g/mol. The van der Waals surface area contributed by atoms with Gasteiger partial charge in [-0.25, -0.2) is 13.4 Å². The number of hydrogen-bond acceptors (Lipinski definition) is 6. The Morgan fingerprint density at radius 1 is 1.09 bits per heavy atom. The number of benzene rings is 1. The maximum absolute atomic E-state index is 13.2. The standard InChI is InChI=1S/C23H21BrCl2N6O2S/c24-20-14-29-32-22(28-13-15-2-1-5-27-12-15)11-21(30-23(20)32)16-3-6-31(7-4-16)35(33,34)19-9-17(25)8-18(26)10-19/h1-2,5,8-12,14,16,28H,3-4,6-7,13H2. The summed E-state index contributed by atoms with van der Waals surface area (Å²) in [6, 6.07) is 10.3. The van der Waals surface area contributed by atoms with Gasteiger partial charge < -0.3 is 5.32 Å². The van der Waals surface area contributed by atoms with Crippen LogP contribution in [0.25, 0.3) is 5.65 Å². The van der Waals surface area contributed by atoms with Crippen LogP contribution in [0.2, 0.25) is 10.0 Å². The molecule has 1 aromatic carbocycles. The highest BCUT2D eigenvalue weighted by atomic mass is 79.9. The van der Waals surface area contributed by atoms with Gasteiger partial charge in [-0.15, -0.1) is 0 Å². The van der Waals surface area contributed by atoms with Crippen LogP contribution in [0, 0.1) is 0 Å². The first-order chi connectivity index (χ1) is 16.8. The van der Waals surface area contributed by atoms with E-state index in [-0.39, 0.29) is 10.8 Å². The van der Waals surface area contributed by atoms with Gasteiger partial charge in [-0.3, -0.25) is 4.98 Å². The van der Waals surface area contributed by atoms with Crippen LogP contribution in [0.1, 0.15) is 30.0 Å². The van der Waals surface area contributed by atoms with Crippen molar-refractivity contribution in [3.8, 4) is 0 Å². The third-order valence-electron chi connectivity index (χ3n) is 5.99. The van der Waals surface area contributed by atoms with Gasteiger partial charge in [-0.2, -0.15) is 13.9 Å². The number of fused-ring (bicyclic) bond motifs is 1. The number of pyridine rings is 1. The van der Waals surface area contributed by atoms with Crippen LogP contribution in [0.5, 0.6) is 0 Å². The summed E-state index contributed by atoms with van der Waals surface area (Å²) in [5.74, 6) is 0.915. The molecule has 182 valence electrons. The highest BCUT2D eigenvalue weighted by molar-refractivity contribution is 9.10. The van der Waals surface area contributed by atoms with Gasteiger partial charge in [0.15, 0.2) is 5.65 Å². The van der Waals surface area contributed by atoms with Gasteiger partial charge in [-0.05, 0) is 58.6 Å². The van der Waals surface area contributed by atoms with Crippen molar-refractivity contribution < 1.29 is 8.42 Å². The van der Waals surface area contributed by atoms with Gasteiger partial charge in [0.2, 0.25) is 10.0 Å². The van der Waals surface area contributed by atoms with E-state index >= 15 is 0 Å². The van der Waals surface area contributed by atoms with E-state index in [9.17, 15) is 8.42 Å². The number of piperidine rings is 1. The molecule has 1 N–H and O–H groups in total. The van der Waals surface area contributed by atoms with Crippen molar-refractivity contribution >= 4 is 60.6 Å². The van der Waals surface area contributed by atoms with E-state index < -0.39 is 10.0 Å². The molecule has 1 fully saturated rings. The smallest absolute Gasteiger partial charge is 0.243 e. The Kier molecular flexibility index (Phi) is 7.00. The maximum Gasteiger partial charge on any atom is 0.243 e. The van der Waals surface area contributed by atoms with Gasteiger partial charge in [0.1, 0.15) is 5.82 Å². The summed E-state index contributed by atoms with van der Waals surface area (Å²) in [5.41, 5.74) is 2.65. The number of hydrogen-bond donors (Lipinski definition) is 1. The molecule has 1 aliphatic rings. The molecule has 4 aromatic rings. The van der Waals surface area contributed by atoms with Crippen molar-refractivity contribution in [3.05, 3.63) is 80.8 Å². The third kappa shape index (κ3) is 5.17. The summed E-state index contributed by atoms with van der Waals surface area (Å²) >= 11 is 15.6. The number of sulfonamides is 1. The molecule has 0 bridgehead atoms. The Morgan fingerprint density at radius 3 is 2.51 bits per heavy atom. The first-order valence-corrected chi connectivity index (χ1v) is 13.9.